The molecule has 1 aliphatic rings. The molecule has 1 aromatic heterocycles. The molecule has 2 N–H and O–H groups in total. The van der Waals surface area contributed by atoms with E-state index in [2.05, 4.69) is 55.1 Å². The molecular weight excluding hydrogens is 258 g/mol. The maximum absolute atomic E-state index is 5.85. The highest BCUT2D eigenvalue weighted by molar-refractivity contribution is 5.47. The highest BCUT2D eigenvalue weighted by atomic mass is 15.2. The van der Waals surface area contributed by atoms with Crippen LogP contribution in [0.1, 0.15) is 42.1 Å². The largest absolute Gasteiger partial charge is 0.352 e. The van der Waals surface area contributed by atoms with Crippen molar-refractivity contribution in [2.75, 3.05) is 11.4 Å². The summed E-state index contributed by atoms with van der Waals surface area (Å²) in [5, 5.41) is 0. The van der Waals surface area contributed by atoms with Crippen molar-refractivity contribution in [2.24, 2.45) is 5.73 Å². The molecule has 3 rings (SSSR count). The number of nitrogens with two attached hydrogens (primary N) is 1. The molecule has 2 heterocycles. The second-order valence-corrected chi connectivity index (χ2v) is 6.06. The lowest BCUT2D eigenvalue weighted by molar-refractivity contribution is 0.710. The minimum atomic E-state index is 0.423. The van der Waals surface area contributed by atoms with Gasteiger partial charge in [-0.25, -0.2) is 4.98 Å². The summed E-state index contributed by atoms with van der Waals surface area (Å²) in [5.74, 6) is 1.49. The number of nitrogens with zero attached hydrogens (tertiary/aromatic N) is 2. The molecule has 0 atom stereocenters. The molecule has 0 amide bonds. The summed E-state index contributed by atoms with van der Waals surface area (Å²) in [5.41, 5.74) is 11.0. The number of aromatic nitrogens is 1. The topological polar surface area (TPSA) is 42.1 Å². The van der Waals surface area contributed by atoms with Crippen molar-refractivity contribution in [3.05, 3.63) is 58.8 Å². The van der Waals surface area contributed by atoms with Gasteiger partial charge in [0.25, 0.3) is 0 Å². The van der Waals surface area contributed by atoms with Crippen LogP contribution in [0, 0.1) is 0 Å². The average Bonchev–Trinajstić information content (AvgIpc) is 2.53. The number of hydrogen-bond acceptors (Lipinski definition) is 3. The van der Waals surface area contributed by atoms with Crippen LogP contribution in [0.4, 0.5) is 5.82 Å². The molecule has 0 saturated heterocycles. The first kappa shape index (κ1) is 14.1. The van der Waals surface area contributed by atoms with Crippen molar-refractivity contribution in [3.63, 3.8) is 0 Å². The Kier molecular flexibility index (Phi) is 3.93. The van der Waals surface area contributed by atoms with Crippen LogP contribution >= 0.6 is 0 Å². The molecule has 0 saturated carbocycles. The monoisotopic (exact) mass is 281 g/mol. The average molecular weight is 281 g/mol. The van der Waals surface area contributed by atoms with Gasteiger partial charge in [-0.15, -0.1) is 0 Å². The number of anilines is 1. The van der Waals surface area contributed by atoms with Gasteiger partial charge in [-0.05, 0) is 41.2 Å². The maximum atomic E-state index is 5.85. The Morgan fingerprint density at radius 1 is 1.19 bits per heavy atom. The van der Waals surface area contributed by atoms with E-state index in [1.54, 1.807) is 0 Å². The molecule has 0 bridgehead atoms. The summed E-state index contributed by atoms with van der Waals surface area (Å²) in [6.45, 7) is 6.89. The predicted molar refractivity (Wildman–Crippen MR) is 87.4 cm³/mol. The van der Waals surface area contributed by atoms with Crippen molar-refractivity contribution < 1.29 is 0 Å². The third-order valence-corrected chi connectivity index (χ3v) is 4.17. The fourth-order valence-electron chi connectivity index (χ4n) is 2.86. The Balaban J connectivity index is 1.92. The molecule has 3 nitrogen and oxygen atoms in total. The maximum Gasteiger partial charge on any atom is 0.129 e. The molecule has 0 aliphatic carbocycles. The van der Waals surface area contributed by atoms with Crippen LogP contribution in [0.25, 0.3) is 0 Å². The van der Waals surface area contributed by atoms with Gasteiger partial charge >= 0.3 is 0 Å². The Bertz CT molecular complexity index is 634. The molecule has 0 fully saturated rings. The van der Waals surface area contributed by atoms with E-state index in [-0.39, 0.29) is 0 Å². The van der Waals surface area contributed by atoms with Gasteiger partial charge in [0, 0.05) is 25.3 Å². The van der Waals surface area contributed by atoms with Crippen LogP contribution in [0.5, 0.6) is 0 Å². The van der Waals surface area contributed by atoms with Gasteiger partial charge in [-0.3, -0.25) is 0 Å². The van der Waals surface area contributed by atoms with Gasteiger partial charge in [0.1, 0.15) is 5.82 Å². The molecule has 110 valence electrons. The fraction of sp³-hybridized carbons (Fsp3) is 0.389. The molecule has 1 aliphatic heterocycles. The number of fused-ring (bicyclic) bond motifs is 1. The zero-order valence-corrected chi connectivity index (χ0v) is 12.8. The molecule has 1 aromatic carbocycles. The predicted octanol–water partition coefficient (Wildman–Crippen LogP) is 3.23. The SMILES string of the molecule is CC(C)c1cc(CN)cc(N2CCc3ccccc3C2)n1. The van der Waals surface area contributed by atoms with Crippen molar-refractivity contribution in [3.8, 4) is 0 Å². The third-order valence-electron chi connectivity index (χ3n) is 4.17. The minimum absolute atomic E-state index is 0.423. The lowest BCUT2D eigenvalue weighted by Gasteiger charge is -2.30. The van der Waals surface area contributed by atoms with Gasteiger partial charge in [0.05, 0.1) is 0 Å². The summed E-state index contributed by atoms with van der Waals surface area (Å²) in [6, 6.07) is 13.0. The summed E-state index contributed by atoms with van der Waals surface area (Å²) in [7, 11) is 0. The first-order valence-corrected chi connectivity index (χ1v) is 7.70. The first-order chi connectivity index (χ1) is 10.2. The number of rotatable bonds is 3. The Labute approximate surface area is 126 Å². The summed E-state index contributed by atoms with van der Waals surface area (Å²) in [4.78, 5) is 7.22. The molecular formula is C18H23N3. The van der Waals surface area contributed by atoms with E-state index in [0.717, 1.165) is 31.0 Å². The van der Waals surface area contributed by atoms with E-state index in [4.69, 9.17) is 10.7 Å². The van der Waals surface area contributed by atoms with E-state index in [1.165, 1.54) is 16.7 Å². The van der Waals surface area contributed by atoms with E-state index in [0.29, 0.717) is 12.5 Å². The minimum Gasteiger partial charge on any atom is -0.352 e. The molecule has 0 radical (unpaired) electrons. The number of benzene rings is 1. The standard InChI is InChI=1S/C18H23N3/c1-13(2)17-9-14(11-19)10-18(20-17)21-8-7-15-5-3-4-6-16(15)12-21/h3-6,9-10,13H,7-8,11-12,19H2,1-2H3. The van der Waals surface area contributed by atoms with Crippen LogP contribution in [0.15, 0.2) is 36.4 Å². The van der Waals surface area contributed by atoms with Gasteiger partial charge in [-0.2, -0.15) is 0 Å². The fourth-order valence-corrected chi connectivity index (χ4v) is 2.86. The normalized spacial score (nSPS) is 14.4. The van der Waals surface area contributed by atoms with Crippen molar-refractivity contribution >= 4 is 5.82 Å². The summed E-state index contributed by atoms with van der Waals surface area (Å²) in [6.07, 6.45) is 1.09. The second-order valence-electron chi connectivity index (χ2n) is 6.06. The van der Waals surface area contributed by atoms with E-state index < -0.39 is 0 Å². The zero-order valence-electron chi connectivity index (χ0n) is 12.8. The van der Waals surface area contributed by atoms with Crippen LogP contribution < -0.4 is 10.6 Å². The lowest BCUT2D eigenvalue weighted by atomic mass is 9.99. The third kappa shape index (κ3) is 2.93. The second kappa shape index (κ2) is 5.86. The summed E-state index contributed by atoms with van der Waals surface area (Å²) < 4.78 is 0. The Morgan fingerprint density at radius 3 is 2.67 bits per heavy atom. The Hall–Kier alpha value is -1.87. The van der Waals surface area contributed by atoms with E-state index in [1.807, 2.05) is 0 Å². The lowest BCUT2D eigenvalue weighted by Crippen LogP contribution is -2.31. The number of pyridine rings is 1. The van der Waals surface area contributed by atoms with Gasteiger partial charge in [-0.1, -0.05) is 38.1 Å². The highest BCUT2D eigenvalue weighted by Crippen LogP contribution is 2.25. The first-order valence-electron chi connectivity index (χ1n) is 7.70. The molecule has 0 spiro atoms. The van der Waals surface area contributed by atoms with Crippen LogP contribution in [0.2, 0.25) is 0 Å². The summed E-state index contributed by atoms with van der Waals surface area (Å²) >= 11 is 0. The van der Waals surface area contributed by atoms with Crippen molar-refractivity contribution in [1.82, 2.24) is 4.98 Å². The van der Waals surface area contributed by atoms with E-state index >= 15 is 0 Å². The van der Waals surface area contributed by atoms with E-state index in [9.17, 15) is 0 Å². The Morgan fingerprint density at radius 2 is 1.95 bits per heavy atom. The van der Waals surface area contributed by atoms with Crippen LogP contribution in [-0.4, -0.2) is 11.5 Å². The van der Waals surface area contributed by atoms with Crippen LogP contribution in [-0.2, 0) is 19.5 Å². The smallest absolute Gasteiger partial charge is 0.129 e. The van der Waals surface area contributed by atoms with Crippen molar-refractivity contribution in [1.29, 1.82) is 0 Å². The number of hydrogen-bond donors (Lipinski definition) is 1. The molecule has 2 aromatic rings. The highest BCUT2D eigenvalue weighted by Gasteiger charge is 2.18. The zero-order chi connectivity index (χ0) is 14.8. The quantitative estimate of drug-likeness (QED) is 0.939. The van der Waals surface area contributed by atoms with Crippen LogP contribution in [0.3, 0.4) is 0 Å². The van der Waals surface area contributed by atoms with Crippen molar-refractivity contribution in [2.45, 2.75) is 39.3 Å². The van der Waals surface area contributed by atoms with Gasteiger partial charge < -0.3 is 10.6 Å². The molecule has 3 heteroatoms. The van der Waals surface area contributed by atoms with Gasteiger partial charge in [0.15, 0.2) is 0 Å². The molecule has 0 unspecified atom stereocenters. The molecule has 21 heavy (non-hydrogen) atoms. The van der Waals surface area contributed by atoms with Gasteiger partial charge in [0.2, 0.25) is 0 Å².